The van der Waals surface area contributed by atoms with Gasteiger partial charge in [-0.1, -0.05) is 23.7 Å². The topological polar surface area (TPSA) is 49.3 Å². The molecule has 0 fully saturated rings. The van der Waals surface area contributed by atoms with Crippen molar-refractivity contribution in [2.24, 2.45) is 4.99 Å². The number of guanidine groups is 1. The van der Waals surface area contributed by atoms with Crippen LogP contribution in [0, 0.1) is 5.82 Å². The van der Waals surface area contributed by atoms with Crippen molar-refractivity contribution in [3.8, 4) is 0 Å². The van der Waals surface area contributed by atoms with Gasteiger partial charge in [-0.25, -0.2) is 9.37 Å². The lowest BCUT2D eigenvalue weighted by molar-refractivity contribution is 0.625. The van der Waals surface area contributed by atoms with E-state index < -0.39 is 0 Å². The van der Waals surface area contributed by atoms with E-state index in [0.717, 1.165) is 35.4 Å². The summed E-state index contributed by atoms with van der Waals surface area (Å²) in [6.07, 6.45) is 4.60. The Hall–Kier alpha value is -1.06. The Kier molecular flexibility index (Phi) is 10.9. The molecule has 2 N–H and O–H groups in total. The predicted molar refractivity (Wildman–Crippen MR) is 120 cm³/mol. The lowest BCUT2D eigenvalue weighted by atomic mass is 10.1. The van der Waals surface area contributed by atoms with Crippen LogP contribution in [0.15, 0.2) is 41.5 Å². The van der Waals surface area contributed by atoms with Crippen LogP contribution in [0.25, 0.3) is 0 Å². The molecule has 0 amide bonds. The third kappa shape index (κ3) is 7.67. The van der Waals surface area contributed by atoms with Crippen molar-refractivity contribution < 1.29 is 4.39 Å². The van der Waals surface area contributed by atoms with Gasteiger partial charge in [0, 0.05) is 32.1 Å². The summed E-state index contributed by atoms with van der Waals surface area (Å²) in [4.78, 5) is 8.29. The molecule has 1 aromatic carbocycles. The number of hydrogen-bond acceptors (Lipinski definition) is 3. The van der Waals surface area contributed by atoms with E-state index >= 15 is 0 Å². The Labute approximate surface area is 180 Å². The molecule has 0 aliphatic carbocycles. The van der Waals surface area contributed by atoms with Crippen LogP contribution in [0.2, 0.25) is 5.15 Å². The fourth-order valence-electron chi connectivity index (χ4n) is 2.34. The first-order chi connectivity index (χ1) is 12.1. The Morgan fingerprint density at radius 3 is 2.69 bits per heavy atom. The summed E-state index contributed by atoms with van der Waals surface area (Å²) in [7, 11) is 1.73. The minimum atomic E-state index is -0.202. The van der Waals surface area contributed by atoms with Gasteiger partial charge in [0.1, 0.15) is 11.0 Å². The number of nitrogens with zero attached hydrogens (tertiary/aromatic N) is 2. The summed E-state index contributed by atoms with van der Waals surface area (Å²) in [6.45, 7) is 1.32. The smallest absolute Gasteiger partial charge is 0.191 e. The molecule has 0 bridgehead atoms. The van der Waals surface area contributed by atoms with E-state index in [1.54, 1.807) is 37.1 Å². The van der Waals surface area contributed by atoms with Gasteiger partial charge in [-0.2, -0.15) is 11.8 Å². The molecule has 0 aliphatic rings. The second kappa shape index (κ2) is 12.3. The number of pyridine rings is 1. The van der Waals surface area contributed by atoms with Crippen LogP contribution in [-0.2, 0) is 18.7 Å². The fourth-order valence-corrected chi connectivity index (χ4v) is 3.03. The van der Waals surface area contributed by atoms with Crippen molar-refractivity contribution >= 4 is 53.3 Å². The molecule has 0 aliphatic heterocycles. The lowest BCUT2D eigenvalue weighted by Crippen LogP contribution is -2.38. The van der Waals surface area contributed by atoms with Gasteiger partial charge in [-0.05, 0) is 47.6 Å². The number of aliphatic imine (C=N–C) groups is 1. The molecule has 0 atom stereocenters. The summed E-state index contributed by atoms with van der Waals surface area (Å²) in [5.41, 5.74) is 3.18. The molecule has 8 heteroatoms. The fraction of sp³-hybridized carbons (Fsp3) is 0.333. The first-order valence-corrected chi connectivity index (χ1v) is 9.70. The Balaban J connectivity index is 0.00000338. The molecule has 0 radical (unpaired) electrons. The average Bonchev–Trinajstić information content (AvgIpc) is 2.61. The number of thioether (sulfide) groups is 1. The summed E-state index contributed by atoms with van der Waals surface area (Å²) >= 11 is 7.46. The van der Waals surface area contributed by atoms with Gasteiger partial charge in [-0.3, -0.25) is 4.99 Å². The predicted octanol–water partition coefficient (Wildman–Crippen LogP) is 4.26. The Morgan fingerprint density at radius 2 is 2.04 bits per heavy atom. The van der Waals surface area contributed by atoms with E-state index in [0.29, 0.717) is 17.7 Å². The van der Waals surface area contributed by atoms with Crippen molar-refractivity contribution in [1.29, 1.82) is 0 Å². The third-order valence-electron chi connectivity index (χ3n) is 3.63. The van der Waals surface area contributed by atoms with Gasteiger partial charge < -0.3 is 10.6 Å². The molecular weight excluding hydrogens is 486 g/mol. The van der Waals surface area contributed by atoms with Crippen molar-refractivity contribution in [1.82, 2.24) is 15.6 Å². The van der Waals surface area contributed by atoms with Crippen LogP contribution in [0.4, 0.5) is 4.39 Å². The molecular formula is C18H23ClFIN4S. The van der Waals surface area contributed by atoms with Crippen LogP contribution in [-0.4, -0.2) is 30.8 Å². The monoisotopic (exact) mass is 508 g/mol. The van der Waals surface area contributed by atoms with Gasteiger partial charge in [-0.15, -0.1) is 24.0 Å². The molecule has 2 aromatic rings. The highest BCUT2D eigenvalue weighted by molar-refractivity contribution is 14.0. The van der Waals surface area contributed by atoms with Crippen LogP contribution in [0.5, 0.6) is 0 Å². The SMILES string of the molecule is CN=C(NCCc1ccc(Cl)nc1)NCc1ccc(F)cc1CSC.I. The molecule has 1 aromatic heterocycles. The number of nitrogens with one attached hydrogen (secondary N) is 2. The zero-order chi connectivity index (χ0) is 18.1. The first-order valence-electron chi connectivity index (χ1n) is 7.93. The highest BCUT2D eigenvalue weighted by Gasteiger charge is 2.05. The van der Waals surface area contributed by atoms with Gasteiger partial charge in [0.25, 0.3) is 0 Å². The lowest BCUT2D eigenvalue weighted by Gasteiger charge is -2.14. The summed E-state index contributed by atoms with van der Waals surface area (Å²) in [6, 6.07) is 8.65. The van der Waals surface area contributed by atoms with E-state index in [2.05, 4.69) is 20.6 Å². The summed E-state index contributed by atoms with van der Waals surface area (Å²) < 4.78 is 13.4. The molecule has 142 valence electrons. The number of halogens is 3. The van der Waals surface area contributed by atoms with E-state index in [1.165, 1.54) is 6.07 Å². The van der Waals surface area contributed by atoms with E-state index in [9.17, 15) is 4.39 Å². The Bertz CT molecular complexity index is 713. The zero-order valence-corrected chi connectivity index (χ0v) is 18.7. The number of hydrogen-bond donors (Lipinski definition) is 2. The highest BCUT2D eigenvalue weighted by atomic mass is 127. The van der Waals surface area contributed by atoms with E-state index in [1.807, 2.05) is 18.4 Å². The second-order valence-electron chi connectivity index (χ2n) is 5.44. The molecule has 0 saturated heterocycles. The standard InChI is InChI=1S/C18H22ClFN4S.HI/c1-21-18(22-8-7-13-3-6-17(19)23-10-13)24-11-14-4-5-16(20)9-15(14)12-25-2;/h3-6,9-10H,7-8,11-12H2,1-2H3,(H2,21,22,24);1H. The number of rotatable bonds is 7. The van der Waals surface area contributed by atoms with Crippen molar-refractivity contribution in [3.63, 3.8) is 0 Å². The van der Waals surface area contributed by atoms with Crippen molar-refractivity contribution in [2.75, 3.05) is 19.8 Å². The molecule has 2 rings (SSSR count). The largest absolute Gasteiger partial charge is 0.356 e. The van der Waals surface area contributed by atoms with Crippen LogP contribution >= 0.6 is 47.3 Å². The van der Waals surface area contributed by atoms with Crippen LogP contribution in [0.3, 0.4) is 0 Å². The maximum atomic E-state index is 13.4. The summed E-state index contributed by atoms with van der Waals surface area (Å²) in [5.74, 6) is 1.29. The first kappa shape index (κ1) is 23.0. The number of benzene rings is 1. The number of aromatic nitrogens is 1. The normalized spacial score (nSPS) is 11.0. The quantitative estimate of drug-likeness (QED) is 0.254. The van der Waals surface area contributed by atoms with Crippen LogP contribution < -0.4 is 10.6 Å². The van der Waals surface area contributed by atoms with Gasteiger partial charge in [0.05, 0.1) is 0 Å². The van der Waals surface area contributed by atoms with Crippen molar-refractivity contribution in [2.45, 2.75) is 18.7 Å². The minimum Gasteiger partial charge on any atom is -0.356 e. The molecule has 0 saturated carbocycles. The minimum absolute atomic E-state index is 0. The third-order valence-corrected chi connectivity index (χ3v) is 4.46. The van der Waals surface area contributed by atoms with E-state index in [-0.39, 0.29) is 29.8 Å². The van der Waals surface area contributed by atoms with E-state index in [4.69, 9.17) is 11.6 Å². The highest BCUT2D eigenvalue weighted by Crippen LogP contribution is 2.16. The molecule has 0 spiro atoms. The summed E-state index contributed by atoms with van der Waals surface area (Å²) in [5, 5.41) is 7.03. The zero-order valence-electron chi connectivity index (χ0n) is 14.8. The van der Waals surface area contributed by atoms with Crippen molar-refractivity contribution in [3.05, 3.63) is 64.2 Å². The second-order valence-corrected chi connectivity index (χ2v) is 6.69. The van der Waals surface area contributed by atoms with Gasteiger partial charge >= 0.3 is 0 Å². The van der Waals surface area contributed by atoms with Gasteiger partial charge in [0.15, 0.2) is 5.96 Å². The Morgan fingerprint density at radius 1 is 1.23 bits per heavy atom. The maximum Gasteiger partial charge on any atom is 0.191 e. The molecule has 4 nitrogen and oxygen atoms in total. The van der Waals surface area contributed by atoms with Crippen LogP contribution in [0.1, 0.15) is 16.7 Å². The average molecular weight is 509 g/mol. The maximum absolute atomic E-state index is 13.4. The molecule has 0 unspecified atom stereocenters. The molecule has 26 heavy (non-hydrogen) atoms. The molecule has 1 heterocycles. The van der Waals surface area contributed by atoms with Gasteiger partial charge in [0.2, 0.25) is 0 Å².